The molecule has 0 aromatic heterocycles. The molecule has 1 aromatic carbocycles. The Morgan fingerprint density at radius 2 is 2.00 bits per heavy atom. The second kappa shape index (κ2) is 7.71. The fourth-order valence-corrected chi connectivity index (χ4v) is 1.72. The van der Waals surface area contributed by atoms with Crippen LogP contribution in [-0.4, -0.2) is 23.8 Å². The molecule has 0 aliphatic heterocycles. The van der Waals surface area contributed by atoms with Crippen molar-refractivity contribution in [2.24, 2.45) is 0 Å². The zero-order valence-electron chi connectivity index (χ0n) is 11.0. The number of carbonyl (C=O) groups is 1. The van der Waals surface area contributed by atoms with Gasteiger partial charge in [-0.25, -0.2) is 4.79 Å². The van der Waals surface area contributed by atoms with Gasteiger partial charge in [0.05, 0.1) is 12.1 Å². The molecule has 100 valence electrons. The number of amides is 2. The number of aliphatic hydroxyl groups is 1. The van der Waals surface area contributed by atoms with E-state index in [1.165, 1.54) is 0 Å². The number of hydrogen-bond donors (Lipinski definition) is 3. The first kappa shape index (κ1) is 14.5. The van der Waals surface area contributed by atoms with Crippen LogP contribution >= 0.6 is 0 Å². The number of benzene rings is 1. The van der Waals surface area contributed by atoms with E-state index >= 15 is 0 Å². The highest BCUT2D eigenvalue weighted by molar-refractivity contribution is 5.74. The summed E-state index contributed by atoms with van der Waals surface area (Å²) in [5, 5.41) is 15.0. The van der Waals surface area contributed by atoms with E-state index in [2.05, 4.69) is 10.6 Å². The van der Waals surface area contributed by atoms with Crippen LogP contribution < -0.4 is 10.6 Å². The van der Waals surface area contributed by atoms with Gasteiger partial charge in [0, 0.05) is 6.54 Å². The zero-order chi connectivity index (χ0) is 13.4. The Hall–Kier alpha value is -1.55. The molecule has 0 fully saturated rings. The molecule has 4 heteroatoms. The van der Waals surface area contributed by atoms with Crippen molar-refractivity contribution >= 4 is 6.03 Å². The summed E-state index contributed by atoms with van der Waals surface area (Å²) in [7, 11) is 0. The molecular weight excluding hydrogens is 228 g/mol. The van der Waals surface area contributed by atoms with Crippen LogP contribution in [0.15, 0.2) is 30.3 Å². The van der Waals surface area contributed by atoms with Gasteiger partial charge in [-0.05, 0) is 18.9 Å². The van der Waals surface area contributed by atoms with Crippen LogP contribution in [0.2, 0.25) is 0 Å². The monoisotopic (exact) mass is 250 g/mol. The molecule has 1 rings (SSSR count). The molecule has 0 radical (unpaired) electrons. The average Bonchev–Trinajstić information content (AvgIpc) is 2.38. The fourth-order valence-electron chi connectivity index (χ4n) is 1.72. The maximum absolute atomic E-state index is 11.6. The van der Waals surface area contributed by atoms with E-state index < -0.39 is 6.10 Å². The van der Waals surface area contributed by atoms with E-state index in [1.807, 2.05) is 44.2 Å². The predicted octanol–water partition coefficient (Wildman–Crippen LogP) is 2.21. The maximum Gasteiger partial charge on any atom is 0.315 e. The molecule has 18 heavy (non-hydrogen) atoms. The van der Waals surface area contributed by atoms with Crippen molar-refractivity contribution in [1.82, 2.24) is 10.6 Å². The molecule has 0 aliphatic rings. The third-order valence-corrected chi connectivity index (χ3v) is 2.77. The first-order valence-corrected chi connectivity index (χ1v) is 6.40. The highest BCUT2D eigenvalue weighted by Crippen LogP contribution is 2.10. The molecule has 4 nitrogen and oxygen atoms in total. The molecule has 0 saturated carbocycles. The molecule has 0 heterocycles. The molecule has 2 amide bonds. The number of rotatable bonds is 6. The molecule has 3 N–H and O–H groups in total. The summed E-state index contributed by atoms with van der Waals surface area (Å²) in [6.45, 7) is 4.22. The summed E-state index contributed by atoms with van der Waals surface area (Å²) in [6, 6.07) is 9.47. The van der Waals surface area contributed by atoms with Gasteiger partial charge in [0.15, 0.2) is 0 Å². The second-order valence-electron chi connectivity index (χ2n) is 4.43. The SMILES string of the molecule is CCCC(O)CNC(=O)NC(C)c1ccccc1. The lowest BCUT2D eigenvalue weighted by Crippen LogP contribution is -2.40. The van der Waals surface area contributed by atoms with E-state index in [0.29, 0.717) is 13.0 Å². The Morgan fingerprint density at radius 3 is 2.61 bits per heavy atom. The normalized spacial score (nSPS) is 13.7. The second-order valence-corrected chi connectivity index (χ2v) is 4.43. The molecule has 0 saturated heterocycles. The average molecular weight is 250 g/mol. The quantitative estimate of drug-likeness (QED) is 0.725. The molecular formula is C14H22N2O2. The van der Waals surface area contributed by atoms with Gasteiger partial charge in [-0.2, -0.15) is 0 Å². The highest BCUT2D eigenvalue weighted by atomic mass is 16.3. The minimum absolute atomic E-state index is 0.0467. The molecule has 1 aromatic rings. The summed E-state index contributed by atoms with van der Waals surface area (Å²) < 4.78 is 0. The Balaban J connectivity index is 2.32. The largest absolute Gasteiger partial charge is 0.391 e. The van der Waals surface area contributed by atoms with Crippen LogP contribution in [0.4, 0.5) is 4.79 Å². The van der Waals surface area contributed by atoms with Crippen LogP contribution in [-0.2, 0) is 0 Å². The van der Waals surface area contributed by atoms with Crippen molar-refractivity contribution in [3.05, 3.63) is 35.9 Å². The minimum atomic E-state index is -0.465. The third-order valence-electron chi connectivity index (χ3n) is 2.77. The summed E-state index contributed by atoms with van der Waals surface area (Å²) in [4.78, 5) is 11.6. The lowest BCUT2D eigenvalue weighted by atomic mass is 10.1. The minimum Gasteiger partial charge on any atom is -0.391 e. The predicted molar refractivity (Wildman–Crippen MR) is 72.3 cm³/mol. The smallest absolute Gasteiger partial charge is 0.315 e. The summed E-state index contributed by atoms with van der Waals surface area (Å²) in [6.07, 6.45) is 1.15. The Labute approximate surface area is 108 Å². The summed E-state index contributed by atoms with van der Waals surface area (Å²) in [5.41, 5.74) is 1.06. The van der Waals surface area contributed by atoms with E-state index in [9.17, 15) is 9.90 Å². The van der Waals surface area contributed by atoms with Crippen LogP contribution in [0.1, 0.15) is 38.3 Å². The third kappa shape index (κ3) is 5.19. The lowest BCUT2D eigenvalue weighted by molar-refractivity contribution is 0.160. The van der Waals surface area contributed by atoms with Gasteiger partial charge >= 0.3 is 6.03 Å². The van der Waals surface area contributed by atoms with Crippen molar-refractivity contribution in [3.63, 3.8) is 0 Å². The first-order valence-electron chi connectivity index (χ1n) is 6.40. The Bertz CT molecular complexity index is 354. The topological polar surface area (TPSA) is 61.4 Å². The van der Waals surface area contributed by atoms with E-state index in [1.54, 1.807) is 0 Å². The van der Waals surface area contributed by atoms with Crippen molar-refractivity contribution in [3.8, 4) is 0 Å². The van der Waals surface area contributed by atoms with Crippen LogP contribution in [0.3, 0.4) is 0 Å². The Morgan fingerprint density at radius 1 is 1.33 bits per heavy atom. The molecule has 2 unspecified atom stereocenters. The van der Waals surface area contributed by atoms with Crippen LogP contribution in [0.5, 0.6) is 0 Å². The van der Waals surface area contributed by atoms with Crippen molar-refractivity contribution in [1.29, 1.82) is 0 Å². The lowest BCUT2D eigenvalue weighted by Gasteiger charge is -2.16. The summed E-state index contributed by atoms with van der Waals surface area (Å²) >= 11 is 0. The van der Waals surface area contributed by atoms with Gasteiger partial charge in [0.2, 0.25) is 0 Å². The molecule has 0 bridgehead atoms. The van der Waals surface area contributed by atoms with E-state index in [-0.39, 0.29) is 12.1 Å². The van der Waals surface area contributed by atoms with Gasteiger partial charge < -0.3 is 15.7 Å². The van der Waals surface area contributed by atoms with Gasteiger partial charge in [-0.3, -0.25) is 0 Å². The van der Waals surface area contributed by atoms with Crippen molar-refractivity contribution < 1.29 is 9.90 Å². The zero-order valence-corrected chi connectivity index (χ0v) is 11.0. The van der Waals surface area contributed by atoms with E-state index in [4.69, 9.17) is 0 Å². The fraction of sp³-hybridized carbons (Fsp3) is 0.500. The standard InChI is InChI=1S/C14H22N2O2/c1-3-7-13(17)10-15-14(18)16-11(2)12-8-5-4-6-9-12/h4-6,8-9,11,13,17H,3,7,10H2,1-2H3,(H2,15,16,18). The van der Waals surface area contributed by atoms with Gasteiger partial charge in [0.25, 0.3) is 0 Å². The molecule has 0 spiro atoms. The van der Waals surface area contributed by atoms with Crippen molar-refractivity contribution in [2.45, 2.75) is 38.8 Å². The van der Waals surface area contributed by atoms with E-state index in [0.717, 1.165) is 12.0 Å². The van der Waals surface area contributed by atoms with Gasteiger partial charge in [-0.15, -0.1) is 0 Å². The number of aliphatic hydroxyl groups excluding tert-OH is 1. The summed E-state index contributed by atoms with van der Waals surface area (Å²) in [5.74, 6) is 0. The van der Waals surface area contributed by atoms with Crippen LogP contribution in [0.25, 0.3) is 0 Å². The highest BCUT2D eigenvalue weighted by Gasteiger charge is 2.10. The first-order chi connectivity index (χ1) is 8.63. The van der Waals surface area contributed by atoms with Crippen LogP contribution in [0, 0.1) is 0 Å². The number of hydrogen-bond acceptors (Lipinski definition) is 2. The maximum atomic E-state index is 11.6. The number of urea groups is 1. The molecule has 0 aliphatic carbocycles. The van der Waals surface area contributed by atoms with Crippen molar-refractivity contribution in [2.75, 3.05) is 6.54 Å². The number of carbonyl (C=O) groups excluding carboxylic acids is 1. The molecule has 2 atom stereocenters. The van der Waals surface area contributed by atoms with Gasteiger partial charge in [-0.1, -0.05) is 43.7 Å². The van der Waals surface area contributed by atoms with Gasteiger partial charge in [0.1, 0.15) is 0 Å². The number of nitrogens with one attached hydrogen (secondary N) is 2. The Kier molecular flexibility index (Phi) is 6.22.